The molecule has 1 aromatic rings. The van der Waals surface area contributed by atoms with E-state index < -0.39 is 10.0 Å². The molecular weight excluding hydrogens is 260 g/mol. The van der Waals surface area contributed by atoms with Gasteiger partial charge in [-0.05, 0) is 37.3 Å². The van der Waals surface area contributed by atoms with Gasteiger partial charge < -0.3 is 5.73 Å². The molecule has 3 N–H and O–H groups in total. The molecule has 0 bridgehead atoms. The van der Waals surface area contributed by atoms with Gasteiger partial charge in [0.2, 0.25) is 10.0 Å². The average molecular weight is 284 g/mol. The summed E-state index contributed by atoms with van der Waals surface area (Å²) in [4.78, 5) is 0. The van der Waals surface area contributed by atoms with Crippen molar-refractivity contribution < 1.29 is 8.42 Å². The van der Waals surface area contributed by atoms with Gasteiger partial charge in [-0.3, -0.25) is 0 Å². The number of hydrogen-bond acceptors (Lipinski definition) is 3. The van der Waals surface area contributed by atoms with Crippen LogP contribution >= 0.6 is 0 Å². The molecule has 19 heavy (non-hydrogen) atoms. The monoisotopic (exact) mass is 284 g/mol. The zero-order valence-corrected chi connectivity index (χ0v) is 12.3. The lowest BCUT2D eigenvalue weighted by molar-refractivity contribution is 0.569. The third-order valence-corrected chi connectivity index (χ3v) is 4.61. The lowest BCUT2D eigenvalue weighted by atomic mass is 9.98. The van der Waals surface area contributed by atoms with Crippen LogP contribution in [-0.2, 0) is 10.0 Å². The molecule has 0 radical (unpaired) electrons. The number of benzene rings is 1. The predicted molar refractivity (Wildman–Crippen MR) is 79.6 cm³/mol. The summed E-state index contributed by atoms with van der Waals surface area (Å²) in [6, 6.07) is 10.1. The molecule has 0 spiro atoms. The minimum absolute atomic E-state index is 0.171. The highest BCUT2D eigenvalue weighted by Crippen LogP contribution is 2.17. The summed E-state index contributed by atoms with van der Waals surface area (Å²) < 4.78 is 26.0. The lowest BCUT2D eigenvalue weighted by Crippen LogP contribution is -2.28. The van der Waals surface area contributed by atoms with Gasteiger partial charge in [0, 0.05) is 6.54 Å². The van der Waals surface area contributed by atoms with E-state index in [2.05, 4.69) is 23.8 Å². The van der Waals surface area contributed by atoms with Crippen LogP contribution in [0.1, 0.15) is 37.7 Å². The molecule has 0 aliphatic rings. The lowest BCUT2D eigenvalue weighted by Gasteiger charge is -2.12. The van der Waals surface area contributed by atoms with Crippen LogP contribution < -0.4 is 10.5 Å². The fourth-order valence-electron chi connectivity index (χ4n) is 1.89. The van der Waals surface area contributed by atoms with Gasteiger partial charge in [0.25, 0.3) is 0 Å². The van der Waals surface area contributed by atoms with Crippen molar-refractivity contribution in [1.29, 1.82) is 0 Å². The number of unbranched alkanes of at least 4 members (excludes halogenated alkanes) is 1. The van der Waals surface area contributed by atoms with Crippen molar-refractivity contribution in [2.24, 2.45) is 5.73 Å². The molecule has 1 aromatic carbocycles. The first-order chi connectivity index (χ1) is 9.05. The van der Waals surface area contributed by atoms with E-state index in [-0.39, 0.29) is 5.75 Å². The fourth-order valence-corrected chi connectivity index (χ4v) is 3.05. The SMILES string of the molecule is CC(CCNS(=O)(=O)CCCCN)c1ccccc1. The quantitative estimate of drug-likeness (QED) is 0.680. The molecule has 0 heterocycles. The Labute approximate surface area is 116 Å². The average Bonchev–Trinajstić information content (AvgIpc) is 2.39. The van der Waals surface area contributed by atoms with Crippen molar-refractivity contribution in [3.05, 3.63) is 35.9 Å². The molecule has 1 atom stereocenters. The maximum absolute atomic E-state index is 11.7. The summed E-state index contributed by atoms with van der Waals surface area (Å²) >= 11 is 0. The fraction of sp³-hybridized carbons (Fsp3) is 0.571. The minimum Gasteiger partial charge on any atom is -0.330 e. The van der Waals surface area contributed by atoms with Gasteiger partial charge in [0.1, 0.15) is 0 Å². The maximum atomic E-state index is 11.7. The van der Waals surface area contributed by atoms with Crippen molar-refractivity contribution in [3.8, 4) is 0 Å². The predicted octanol–water partition coefficient (Wildman–Crippen LogP) is 1.84. The van der Waals surface area contributed by atoms with Crippen molar-refractivity contribution >= 4 is 10.0 Å². The smallest absolute Gasteiger partial charge is 0.211 e. The zero-order valence-electron chi connectivity index (χ0n) is 11.5. The summed E-state index contributed by atoms with van der Waals surface area (Å²) in [6.07, 6.45) is 2.18. The number of rotatable bonds is 9. The molecule has 4 nitrogen and oxygen atoms in total. The molecular formula is C14H24N2O2S. The van der Waals surface area contributed by atoms with Crippen molar-refractivity contribution in [1.82, 2.24) is 4.72 Å². The van der Waals surface area contributed by atoms with Crippen LogP contribution in [-0.4, -0.2) is 27.3 Å². The van der Waals surface area contributed by atoms with Gasteiger partial charge in [-0.2, -0.15) is 0 Å². The number of hydrogen-bond donors (Lipinski definition) is 2. The molecule has 0 saturated carbocycles. The van der Waals surface area contributed by atoms with E-state index in [1.54, 1.807) is 0 Å². The third kappa shape index (κ3) is 6.71. The first-order valence-corrected chi connectivity index (χ1v) is 8.43. The van der Waals surface area contributed by atoms with Gasteiger partial charge >= 0.3 is 0 Å². The van der Waals surface area contributed by atoms with Crippen molar-refractivity contribution in [3.63, 3.8) is 0 Å². The Hall–Kier alpha value is -0.910. The van der Waals surface area contributed by atoms with E-state index in [9.17, 15) is 8.42 Å². The van der Waals surface area contributed by atoms with E-state index in [1.165, 1.54) is 5.56 Å². The second kappa shape index (κ2) is 8.30. The third-order valence-electron chi connectivity index (χ3n) is 3.14. The summed E-state index contributed by atoms with van der Waals surface area (Å²) in [5, 5.41) is 0. The second-order valence-electron chi connectivity index (χ2n) is 4.81. The van der Waals surface area contributed by atoms with E-state index >= 15 is 0 Å². The Morgan fingerprint density at radius 2 is 1.89 bits per heavy atom. The van der Waals surface area contributed by atoms with E-state index in [4.69, 9.17) is 5.73 Å². The summed E-state index contributed by atoms with van der Waals surface area (Å²) in [5.41, 5.74) is 6.59. The normalized spacial score (nSPS) is 13.4. The summed E-state index contributed by atoms with van der Waals surface area (Å²) in [7, 11) is -3.14. The molecule has 1 rings (SSSR count). The molecule has 0 aliphatic carbocycles. The molecule has 0 amide bonds. The van der Waals surface area contributed by atoms with E-state index in [1.807, 2.05) is 18.2 Å². The van der Waals surface area contributed by atoms with Crippen LogP contribution in [0.15, 0.2) is 30.3 Å². The molecule has 0 aliphatic heterocycles. The Morgan fingerprint density at radius 1 is 1.21 bits per heavy atom. The number of nitrogens with one attached hydrogen (secondary N) is 1. The van der Waals surface area contributed by atoms with Crippen LogP contribution in [0.25, 0.3) is 0 Å². The first-order valence-electron chi connectivity index (χ1n) is 6.77. The Morgan fingerprint density at radius 3 is 2.53 bits per heavy atom. The van der Waals surface area contributed by atoms with Gasteiger partial charge in [-0.1, -0.05) is 37.3 Å². The molecule has 0 saturated heterocycles. The summed E-state index contributed by atoms with van der Waals surface area (Å²) in [5.74, 6) is 0.525. The Bertz CT molecular complexity index is 446. The van der Waals surface area contributed by atoms with Gasteiger partial charge in [0.15, 0.2) is 0 Å². The van der Waals surface area contributed by atoms with Crippen molar-refractivity contribution in [2.45, 2.75) is 32.1 Å². The minimum atomic E-state index is -3.14. The van der Waals surface area contributed by atoms with Crippen LogP contribution in [0.3, 0.4) is 0 Å². The van der Waals surface area contributed by atoms with Gasteiger partial charge in [-0.15, -0.1) is 0 Å². The van der Waals surface area contributed by atoms with Crippen LogP contribution in [0, 0.1) is 0 Å². The molecule has 0 fully saturated rings. The van der Waals surface area contributed by atoms with Crippen LogP contribution in [0.4, 0.5) is 0 Å². The van der Waals surface area contributed by atoms with Gasteiger partial charge in [0.05, 0.1) is 5.75 Å². The second-order valence-corrected chi connectivity index (χ2v) is 6.74. The number of nitrogens with two attached hydrogens (primary N) is 1. The van der Waals surface area contributed by atoms with Crippen molar-refractivity contribution in [2.75, 3.05) is 18.8 Å². The van der Waals surface area contributed by atoms with Crippen LogP contribution in [0.5, 0.6) is 0 Å². The summed E-state index contributed by atoms with van der Waals surface area (Å²) in [6.45, 7) is 3.14. The standard InChI is InChI=1S/C14H24N2O2S/c1-13(14-7-3-2-4-8-14)9-11-16-19(17,18)12-6-5-10-15/h2-4,7-8,13,16H,5-6,9-12,15H2,1H3. The zero-order chi connectivity index (χ0) is 14.1. The number of sulfonamides is 1. The first kappa shape index (κ1) is 16.1. The van der Waals surface area contributed by atoms with E-state index in [0.717, 1.165) is 12.8 Å². The van der Waals surface area contributed by atoms with E-state index in [0.29, 0.717) is 25.4 Å². The Balaban J connectivity index is 2.30. The Kier molecular flexibility index (Phi) is 7.05. The molecule has 1 unspecified atom stereocenters. The highest BCUT2D eigenvalue weighted by Gasteiger charge is 2.10. The highest BCUT2D eigenvalue weighted by atomic mass is 32.2. The molecule has 5 heteroatoms. The van der Waals surface area contributed by atoms with Gasteiger partial charge in [-0.25, -0.2) is 13.1 Å². The topological polar surface area (TPSA) is 72.2 Å². The molecule has 108 valence electrons. The largest absolute Gasteiger partial charge is 0.330 e. The van der Waals surface area contributed by atoms with Crippen LogP contribution in [0.2, 0.25) is 0 Å². The molecule has 0 aromatic heterocycles. The highest BCUT2D eigenvalue weighted by molar-refractivity contribution is 7.89. The maximum Gasteiger partial charge on any atom is 0.211 e.